The van der Waals surface area contributed by atoms with Crippen LogP contribution < -0.4 is 10.6 Å². The van der Waals surface area contributed by atoms with Gasteiger partial charge in [0.1, 0.15) is 5.41 Å². The van der Waals surface area contributed by atoms with Crippen molar-refractivity contribution in [2.24, 2.45) is 5.41 Å². The Labute approximate surface area is 139 Å². The van der Waals surface area contributed by atoms with Crippen LogP contribution in [0, 0.1) is 16.7 Å². The molecule has 1 heterocycles. The molecule has 2 aromatic rings. The van der Waals surface area contributed by atoms with Crippen LogP contribution in [0.5, 0.6) is 0 Å². The SMILES string of the molecule is N#Cc1cccc(NC(=O)C2(C(=O)NCc3cccnc3)CC2)c1. The molecule has 6 heteroatoms. The third-order valence-electron chi connectivity index (χ3n) is 4.04. The molecule has 0 bridgehead atoms. The van der Waals surface area contributed by atoms with Gasteiger partial charge in [-0.05, 0) is 42.7 Å². The topological polar surface area (TPSA) is 94.9 Å². The van der Waals surface area contributed by atoms with E-state index < -0.39 is 5.41 Å². The zero-order valence-corrected chi connectivity index (χ0v) is 13.0. The maximum absolute atomic E-state index is 12.5. The molecule has 1 aliphatic rings. The van der Waals surface area contributed by atoms with Gasteiger partial charge < -0.3 is 10.6 Å². The average molecular weight is 320 g/mol. The number of anilines is 1. The van der Waals surface area contributed by atoms with Gasteiger partial charge in [-0.3, -0.25) is 14.6 Å². The maximum Gasteiger partial charge on any atom is 0.240 e. The predicted molar refractivity (Wildman–Crippen MR) is 87.5 cm³/mol. The molecule has 2 amide bonds. The number of carbonyl (C=O) groups is 2. The highest BCUT2D eigenvalue weighted by Crippen LogP contribution is 2.46. The van der Waals surface area contributed by atoms with E-state index in [9.17, 15) is 9.59 Å². The molecule has 6 nitrogen and oxygen atoms in total. The van der Waals surface area contributed by atoms with Crippen molar-refractivity contribution < 1.29 is 9.59 Å². The molecule has 0 atom stereocenters. The Bertz CT molecular complexity index is 807. The summed E-state index contributed by atoms with van der Waals surface area (Å²) in [4.78, 5) is 28.9. The van der Waals surface area contributed by atoms with Crippen molar-refractivity contribution in [2.75, 3.05) is 5.32 Å². The van der Waals surface area contributed by atoms with Gasteiger partial charge in [-0.1, -0.05) is 12.1 Å². The molecule has 0 aliphatic heterocycles. The summed E-state index contributed by atoms with van der Waals surface area (Å²) in [6.45, 7) is 0.339. The van der Waals surface area contributed by atoms with Crippen molar-refractivity contribution in [2.45, 2.75) is 19.4 Å². The minimum Gasteiger partial charge on any atom is -0.351 e. The summed E-state index contributed by atoms with van der Waals surface area (Å²) in [7, 11) is 0. The van der Waals surface area contributed by atoms with E-state index in [2.05, 4.69) is 15.6 Å². The lowest BCUT2D eigenvalue weighted by molar-refractivity contribution is -0.134. The van der Waals surface area contributed by atoms with Crippen molar-refractivity contribution >= 4 is 17.5 Å². The van der Waals surface area contributed by atoms with Crippen molar-refractivity contribution in [1.82, 2.24) is 10.3 Å². The van der Waals surface area contributed by atoms with Crippen LogP contribution in [0.25, 0.3) is 0 Å². The van der Waals surface area contributed by atoms with Crippen molar-refractivity contribution in [3.8, 4) is 6.07 Å². The van der Waals surface area contributed by atoms with Gasteiger partial charge in [0.2, 0.25) is 11.8 Å². The third-order valence-corrected chi connectivity index (χ3v) is 4.04. The normalized spacial score (nSPS) is 14.3. The number of amides is 2. The number of nitrogens with zero attached hydrogens (tertiary/aromatic N) is 2. The van der Waals surface area contributed by atoms with Gasteiger partial charge in [-0.15, -0.1) is 0 Å². The monoisotopic (exact) mass is 320 g/mol. The molecule has 0 unspecified atom stereocenters. The van der Waals surface area contributed by atoms with Gasteiger partial charge in [0.25, 0.3) is 0 Å². The molecular weight excluding hydrogens is 304 g/mol. The molecular formula is C18H16N4O2. The van der Waals surface area contributed by atoms with Crippen molar-refractivity contribution in [3.05, 3.63) is 59.9 Å². The van der Waals surface area contributed by atoms with Crippen LogP contribution in [0.3, 0.4) is 0 Å². The van der Waals surface area contributed by atoms with Crippen LogP contribution in [0.2, 0.25) is 0 Å². The standard InChI is InChI=1S/C18H16N4O2/c19-10-13-3-1-5-15(9-13)22-17(24)18(6-7-18)16(23)21-12-14-4-2-8-20-11-14/h1-5,8-9,11H,6-7,12H2,(H,21,23)(H,22,24). The molecule has 1 aliphatic carbocycles. The highest BCUT2D eigenvalue weighted by atomic mass is 16.2. The minimum atomic E-state index is -1.01. The summed E-state index contributed by atoms with van der Waals surface area (Å²) < 4.78 is 0. The smallest absolute Gasteiger partial charge is 0.240 e. The summed E-state index contributed by atoms with van der Waals surface area (Å²) in [6, 6.07) is 12.3. The molecule has 1 saturated carbocycles. The van der Waals surface area contributed by atoms with E-state index in [1.54, 1.807) is 42.7 Å². The Balaban J connectivity index is 1.63. The Morgan fingerprint density at radius 2 is 2.04 bits per heavy atom. The number of hydrogen-bond acceptors (Lipinski definition) is 4. The van der Waals surface area contributed by atoms with Gasteiger partial charge in [-0.25, -0.2) is 0 Å². The summed E-state index contributed by atoms with van der Waals surface area (Å²) in [5, 5.41) is 14.4. The second kappa shape index (κ2) is 6.50. The Morgan fingerprint density at radius 1 is 1.21 bits per heavy atom. The van der Waals surface area contributed by atoms with E-state index in [0.29, 0.717) is 30.6 Å². The molecule has 2 N–H and O–H groups in total. The molecule has 1 aromatic heterocycles. The number of carbonyl (C=O) groups excluding carboxylic acids is 2. The zero-order chi connectivity index (χ0) is 17.0. The van der Waals surface area contributed by atoms with Gasteiger partial charge >= 0.3 is 0 Å². The number of hydrogen-bond donors (Lipinski definition) is 2. The van der Waals surface area contributed by atoms with E-state index in [1.165, 1.54) is 0 Å². The summed E-state index contributed by atoms with van der Waals surface area (Å²) in [6.07, 6.45) is 4.38. The first-order valence-corrected chi connectivity index (χ1v) is 7.63. The fraction of sp³-hybridized carbons (Fsp3) is 0.222. The average Bonchev–Trinajstić information content (AvgIpc) is 3.43. The summed E-state index contributed by atoms with van der Waals surface area (Å²) in [5.41, 5.74) is 0.845. The predicted octanol–water partition coefficient (Wildman–Crippen LogP) is 1.99. The number of nitrogens with one attached hydrogen (secondary N) is 2. The highest BCUT2D eigenvalue weighted by molar-refractivity contribution is 6.13. The lowest BCUT2D eigenvalue weighted by atomic mass is 10.0. The van der Waals surface area contributed by atoms with Gasteiger partial charge in [0.15, 0.2) is 0 Å². The fourth-order valence-electron chi connectivity index (χ4n) is 2.45. The Hall–Kier alpha value is -3.20. The number of benzene rings is 1. The molecule has 24 heavy (non-hydrogen) atoms. The number of nitriles is 1. The van der Waals surface area contributed by atoms with E-state index in [4.69, 9.17) is 5.26 Å². The lowest BCUT2D eigenvalue weighted by Crippen LogP contribution is -2.39. The Morgan fingerprint density at radius 3 is 2.71 bits per heavy atom. The molecule has 0 saturated heterocycles. The fourth-order valence-corrected chi connectivity index (χ4v) is 2.45. The number of pyridine rings is 1. The Kier molecular flexibility index (Phi) is 4.25. The zero-order valence-electron chi connectivity index (χ0n) is 13.0. The van der Waals surface area contributed by atoms with Crippen molar-refractivity contribution in [3.63, 3.8) is 0 Å². The molecule has 1 aromatic carbocycles. The first kappa shape index (κ1) is 15.7. The van der Waals surface area contributed by atoms with Crippen LogP contribution in [-0.4, -0.2) is 16.8 Å². The van der Waals surface area contributed by atoms with Crippen LogP contribution >= 0.6 is 0 Å². The largest absolute Gasteiger partial charge is 0.351 e. The van der Waals surface area contributed by atoms with E-state index in [-0.39, 0.29) is 11.8 Å². The lowest BCUT2D eigenvalue weighted by Gasteiger charge is -2.15. The van der Waals surface area contributed by atoms with E-state index in [1.807, 2.05) is 12.1 Å². The molecule has 0 radical (unpaired) electrons. The van der Waals surface area contributed by atoms with Crippen LogP contribution in [-0.2, 0) is 16.1 Å². The van der Waals surface area contributed by atoms with Crippen LogP contribution in [0.4, 0.5) is 5.69 Å². The van der Waals surface area contributed by atoms with Crippen molar-refractivity contribution in [1.29, 1.82) is 5.26 Å². The third kappa shape index (κ3) is 3.25. The van der Waals surface area contributed by atoms with Gasteiger partial charge in [0.05, 0.1) is 11.6 Å². The van der Waals surface area contributed by atoms with Gasteiger partial charge in [-0.2, -0.15) is 5.26 Å². The summed E-state index contributed by atoms with van der Waals surface area (Å²) >= 11 is 0. The van der Waals surface area contributed by atoms with Gasteiger partial charge in [0, 0.05) is 24.6 Å². The molecule has 3 rings (SSSR count). The molecule has 1 fully saturated rings. The van der Waals surface area contributed by atoms with E-state index >= 15 is 0 Å². The summed E-state index contributed by atoms with van der Waals surface area (Å²) in [5.74, 6) is -0.610. The van der Waals surface area contributed by atoms with Crippen LogP contribution in [0.1, 0.15) is 24.0 Å². The molecule has 120 valence electrons. The van der Waals surface area contributed by atoms with E-state index in [0.717, 1.165) is 5.56 Å². The first-order valence-electron chi connectivity index (χ1n) is 7.63. The quantitative estimate of drug-likeness (QED) is 0.824. The number of aromatic nitrogens is 1. The minimum absolute atomic E-state index is 0.278. The highest BCUT2D eigenvalue weighted by Gasteiger charge is 2.56. The maximum atomic E-state index is 12.5. The number of rotatable bonds is 5. The first-order chi connectivity index (χ1) is 11.6. The second-order valence-electron chi connectivity index (χ2n) is 5.77. The molecule has 0 spiro atoms. The second-order valence-corrected chi connectivity index (χ2v) is 5.77. The van der Waals surface area contributed by atoms with Crippen LogP contribution in [0.15, 0.2) is 48.8 Å².